The molecule has 0 aliphatic rings. The average molecular weight is 656 g/mol. The van der Waals surface area contributed by atoms with Crippen LogP contribution in [0.3, 0.4) is 0 Å². The maximum absolute atomic E-state index is 10.1. The second kappa shape index (κ2) is 13.4. The highest BCUT2D eigenvalue weighted by Crippen LogP contribution is 2.39. The molecular formula is C46H33N5. The maximum atomic E-state index is 10.1. The van der Waals surface area contributed by atoms with Crippen LogP contribution in [0.2, 0.25) is 0 Å². The van der Waals surface area contributed by atoms with E-state index in [1.807, 2.05) is 79.7 Å². The van der Waals surface area contributed by atoms with Crippen molar-refractivity contribution in [3.8, 4) is 35.0 Å². The van der Waals surface area contributed by atoms with Crippen LogP contribution in [0.4, 0.5) is 0 Å². The average Bonchev–Trinajstić information content (AvgIpc) is 3.65. The molecule has 0 saturated carbocycles. The SMILES string of the molecule is C=C/C(C#N)=C\C(=C(/C)n1c(C)c(/C=C\C)c2cc(C#N)ccc21)c1ccccc1-c1cccc(-n2c3ccccc3c3cc(C#N)ccc32)c1. The molecule has 7 aromatic rings. The Hall–Kier alpha value is -7.13. The van der Waals surface area contributed by atoms with Crippen LogP contribution in [0.25, 0.3) is 66.9 Å². The molecule has 0 fully saturated rings. The first kappa shape index (κ1) is 32.4. The van der Waals surface area contributed by atoms with Gasteiger partial charge < -0.3 is 9.13 Å². The van der Waals surface area contributed by atoms with Crippen molar-refractivity contribution in [2.75, 3.05) is 0 Å². The fourth-order valence-electron chi connectivity index (χ4n) is 7.21. The highest BCUT2D eigenvalue weighted by atomic mass is 15.0. The summed E-state index contributed by atoms with van der Waals surface area (Å²) in [5, 5.41) is 32.5. The standard InChI is InChI=1S/C46H33N5/c1-5-12-37-30(3)50(45-21-19-33(28-48)24-42(37)45)31(4)41(23-32(6-2)27-47)39-16-8-7-15-38(39)35-13-11-14-36(26-35)51-44-18-10-9-17-40(44)43-25-34(29-49)20-22-46(43)51/h5-26H,2H2,1,3-4H3/b12-5-,32-23+,41-31-. The van der Waals surface area contributed by atoms with E-state index in [1.165, 1.54) is 0 Å². The lowest BCUT2D eigenvalue weighted by Crippen LogP contribution is -2.01. The van der Waals surface area contributed by atoms with Crippen LogP contribution in [-0.4, -0.2) is 9.13 Å². The normalized spacial score (nSPS) is 12.2. The fraction of sp³-hybridized carbons (Fsp3) is 0.0652. The van der Waals surface area contributed by atoms with Crippen LogP contribution in [0.1, 0.15) is 41.8 Å². The number of para-hydroxylation sites is 1. The molecule has 0 aliphatic carbocycles. The molecule has 2 aromatic heterocycles. The van der Waals surface area contributed by atoms with E-state index >= 15 is 0 Å². The Morgan fingerprint density at radius 3 is 2.14 bits per heavy atom. The third-order valence-electron chi connectivity index (χ3n) is 9.52. The molecule has 0 bridgehead atoms. The second-order valence-electron chi connectivity index (χ2n) is 12.4. The van der Waals surface area contributed by atoms with Crippen LogP contribution in [0, 0.1) is 40.9 Å². The van der Waals surface area contributed by atoms with E-state index in [-0.39, 0.29) is 0 Å². The molecule has 0 N–H and O–H groups in total. The zero-order valence-corrected chi connectivity index (χ0v) is 28.6. The van der Waals surface area contributed by atoms with Crippen molar-refractivity contribution in [3.05, 3.63) is 168 Å². The van der Waals surface area contributed by atoms with Crippen molar-refractivity contribution in [1.29, 1.82) is 15.8 Å². The van der Waals surface area contributed by atoms with Crippen molar-refractivity contribution in [2.24, 2.45) is 0 Å². The number of nitriles is 3. The molecule has 0 radical (unpaired) electrons. The van der Waals surface area contributed by atoms with Crippen LogP contribution in [-0.2, 0) is 0 Å². The maximum Gasteiger partial charge on any atom is 0.0991 e. The van der Waals surface area contributed by atoms with Gasteiger partial charge in [-0.25, -0.2) is 0 Å². The van der Waals surface area contributed by atoms with Gasteiger partial charge in [0.15, 0.2) is 0 Å². The number of aromatic nitrogens is 2. The predicted molar refractivity (Wildman–Crippen MR) is 210 cm³/mol. The molecule has 0 spiro atoms. The molecular weight excluding hydrogens is 623 g/mol. The van der Waals surface area contributed by atoms with Crippen molar-refractivity contribution >= 4 is 50.1 Å². The Kier molecular flexibility index (Phi) is 8.52. The summed E-state index contributed by atoms with van der Waals surface area (Å²) in [5.41, 5.74) is 12.6. The Labute approximate surface area is 297 Å². The topological polar surface area (TPSA) is 81.2 Å². The molecule has 0 unspecified atom stereocenters. The third kappa shape index (κ3) is 5.52. The number of allylic oxidation sites excluding steroid dienone is 6. The fourth-order valence-corrected chi connectivity index (χ4v) is 7.21. The summed E-state index contributed by atoms with van der Waals surface area (Å²) in [4.78, 5) is 0. The number of rotatable bonds is 7. The zero-order valence-electron chi connectivity index (χ0n) is 28.6. The van der Waals surface area contributed by atoms with Crippen LogP contribution in [0.5, 0.6) is 0 Å². The smallest absolute Gasteiger partial charge is 0.0991 e. The molecule has 51 heavy (non-hydrogen) atoms. The number of fused-ring (bicyclic) bond motifs is 4. The van der Waals surface area contributed by atoms with E-state index in [0.717, 1.165) is 77.6 Å². The minimum Gasteiger partial charge on any atom is -0.317 e. The number of nitrogens with zero attached hydrogens (tertiary/aromatic N) is 5. The first-order chi connectivity index (χ1) is 24.9. The van der Waals surface area contributed by atoms with E-state index in [1.54, 1.807) is 6.08 Å². The first-order valence-corrected chi connectivity index (χ1v) is 16.7. The zero-order chi connectivity index (χ0) is 35.6. The van der Waals surface area contributed by atoms with E-state index in [0.29, 0.717) is 16.7 Å². The molecule has 5 aromatic carbocycles. The van der Waals surface area contributed by atoms with Crippen molar-refractivity contribution in [2.45, 2.75) is 20.8 Å². The van der Waals surface area contributed by atoms with Crippen LogP contribution < -0.4 is 0 Å². The number of benzene rings is 5. The molecule has 7 rings (SSSR count). The number of hydrogen-bond donors (Lipinski definition) is 0. The summed E-state index contributed by atoms with van der Waals surface area (Å²) in [7, 11) is 0. The molecule has 2 heterocycles. The predicted octanol–water partition coefficient (Wildman–Crippen LogP) is 11.5. The van der Waals surface area contributed by atoms with Crippen molar-refractivity contribution in [1.82, 2.24) is 9.13 Å². The lowest BCUT2D eigenvalue weighted by Gasteiger charge is -2.18. The Bertz CT molecular complexity index is 2780. The Balaban J connectivity index is 1.49. The quantitative estimate of drug-likeness (QED) is 0.127. The van der Waals surface area contributed by atoms with E-state index in [4.69, 9.17) is 0 Å². The first-order valence-electron chi connectivity index (χ1n) is 16.7. The highest BCUT2D eigenvalue weighted by molar-refractivity contribution is 6.10. The summed E-state index contributed by atoms with van der Waals surface area (Å²) in [6.07, 6.45) is 7.59. The van der Waals surface area contributed by atoms with Gasteiger partial charge in [0.2, 0.25) is 0 Å². The van der Waals surface area contributed by atoms with E-state index in [2.05, 4.69) is 102 Å². The summed E-state index contributed by atoms with van der Waals surface area (Å²) in [6, 6.07) is 43.6. The van der Waals surface area contributed by atoms with Crippen LogP contribution in [0.15, 0.2) is 140 Å². The van der Waals surface area contributed by atoms with E-state index < -0.39 is 0 Å². The highest BCUT2D eigenvalue weighted by Gasteiger charge is 2.19. The van der Waals surface area contributed by atoms with Gasteiger partial charge in [0.25, 0.3) is 0 Å². The van der Waals surface area contributed by atoms with Gasteiger partial charge in [0, 0.05) is 44.4 Å². The molecule has 0 saturated heterocycles. The van der Waals surface area contributed by atoms with Crippen molar-refractivity contribution in [3.63, 3.8) is 0 Å². The Morgan fingerprint density at radius 1 is 0.725 bits per heavy atom. The minimum absolute atomic E-state index is 0.449. The van der Waals surface area contributed by atoms with Gasteiger partial charge in [0.1, 0.15) is 0 Å². The van der Waals surface area contributed by atoms with Gasteiger partial charge in [-0.1, -0.05) is 79.4 Å². The molecule has 0 aliphatic heterocycles. The molecule has 242 valence electrons. The van der Waals surface area contributed by atoms with Crippen molar-refractivity contribution < 1.29 is 0 Å². The van der Waals surface area contributed by atoms with Gasteiger partial charge in [0.05, 0.1) is 51.5 Å². The second-order valence-corrected chi connectivity index (χ2v) is 12.4. The Morgan fingerprint density at radius 2 is 1.41 bits per heavy atom. The summed E-state index contributed by atoms with van der Waals surface area (Å²) < 4.78 is 4.47. The molecule has 0 atom stereocenters. The summed E-state index contributed by atoms with van der Waals surface area (Å²) >= 11 is 0. The number of hydrogen-bond acceptors (Lipinski definition) is 3. The largest absolute Gasteiger partial charge is 0.317 e. The van der Waals surface area contributed by atoms with E-state index in [9.17, 15) is 15.8 Å². The van der Waals surface area contributed by atoms with Gasteiger partial charge >= 0.3 is 0 Å². The van der Waals surface area contributed by atoms with Gasteiger partial charge in [-0.2, -0.15) is 15.8 Å². The summed E-state index contributed by atoms with van der Waals surface area (Å²) in [5.74, 6) is 0. The lowest BCUT2D eigenvalue weighted by molar-refractivity contribution is 1.07. The van der Waals surface area contributed by atoms with Gasteiger partial charge in [-0.05, 0) is 98.1 Å². The van der Waals surface area contributed by atoms with Gasteiger partial charge in [-0.15, -0.1) is 0 Å². The van der Waals surface area contributed by atoms with Crippen LogP contribution >= 0.6 is 0 Å². The van der Waals surface area contributed by atoms with Gasteiger partial charge in [-0.3, -0.25) is 0 Å². The summed E-state index contributed by atoms with van der Waals surface area (Å²) in [6.45, 7) is 10.1. The monoisotopic (exact) mass is 655 g/mol. The molecule has 0 amide bonds. The minimum atomic E-state index is 0.449. The molecule has 5 heteroatoms. The lowest BCUT2D eigenvalue weighted by atomic mass is 9.92. The molecule has 5 nitrogen and oxygen atoms in total. The third-order valence-corrected chi connectivity index (χ3v) is 9.52.